The zero-order chi connectivity index (χ0) is 35.1. The first-order valence-electron chi connectivity index (χ1n) is 17.5. The first kappa shape index (κ1) is 36.3. The maximum Gasteiger partial charge on any atom is 0.223 e. The summed E-state index contributed by atoms with van der Waals surface area (Å²) in [5, 5.41) is 45.2. The molecule has 0 spiro atoms. The van der Waals surface area contributed by atoms with Crippen LogP contribution in [0.25, 0.3) is 10.9 Å². The van der Waals surface area contributed by atoms with Crippen LogP contribution < -0.4 is 5.32 Å². The number of Topliss-reactive ketones (excluding diaryl/α,β-unsaturated/α-hetero) is 1. The highest BCUT2D eigenvalue weighted by molar-refractivity contribution is 5.97. The molecule has 2 aromatic heterocycles. The Bertz CT molecular complexity index is 1680. The van der Waals surface area contributed by atoms with Gasteiger partial charge in [-0.05, 0) is 91.7 Å². The van der Waals surface area contributed by atoms with E-state index in [2.05, 4.69) is 40.4 Å². The highest BCUT2D eigenvalue weighted by Crippen LogP contribution is 2.49. The van der Waals surface area contributed by atoms with Crippen LogP contribution in [0.1, 0.15) is 68.9 Å². The van der Waals surface area contributed by atoms with Crippen molar-refractivity contribution in [3.63, 3.8) is 0 Å². The highest BCUT2D eigenvalue weighted by atomic mass is 16.5. The molecule has 49 heavy (non-hydrogen) atoms. The molecule has 2 aliphatic carbocycles. The number of allylic oxidation sites excluding steroid dienone is 5. The quantitative estimate of drug-likeness (QED) is 0.0489. The standard InChI is InChI=1S/C40H51N3O6/c1-4-26(20-27-16-18-30-24(2)15-17-32(30)37(27)39(47)34-14-9-19-41-34)38(46)25(3)10-5-6-11-29(44)22-36(45)43-35(40(48)49)21-28-23-42-33-13-8-7-12-31(28)33/h5-10,12-14,16,18-20,23-24,27,29-30,32,35,37-38,40-42,44,46,48-49H,4,11,15,17,21-22H2,1-3H3,(H,43,45)/b6-5-,25-10+,26-20+/t24-,27-,29?,30+,32+,35?,37?,38?/m0/s1. The molecular weight excluding hydrogens is 618 g/mol. The third-order valence-electron chi connectivity index (χ3n) is 10.4. The fraction of sp³-hybridized carbons (Fsp3) is 0.450. The number of aromatic amines is 2. The van der Waals surface area contributed by atoms with Gasteiger partial charge in [-0.1, -0.05) is 68.5 Å². The minimum Gasteiger partial charge on any atom is -0.392 e. The molecular formula is C40H51N3O6. The molecule has 1 saturated carbocycles. The second-order valence-electron chi connectivity index (χ2n) is 13.8. The molecule has 0 bridgehead atoms. The molecule has 0 saturated heterocycles. The molecule has 4 unspecified atom stereocenters. The Balaban J connectivity index is 1.17. The van der Waals surface area contributed by atoms with E-state index in [1.54, 1.807) is 30.6 Å². The fourth-order valence-corrected chi connectivity index (χ4v) is 7.69. The van der Waals surface area contributed by atoms with Crippen molar-refractivity contribution in [2.75, 3.05) is 0 Å². The van der Waals surface area contributed by atoms with Crippen LogP contribution in [0, 0.1) is 29.6 Å². The van der Waals surface area contributed by atoms with Gasteiger partial charge in [0.15, 0.2) is 12.1 Å². The van der Waals surface area contributed by atoms with E-state index in [-0.39, 0.29) is 42.8 Å². The van der Waals surface area contributed by atoms with Gasteiger partial charge in [0.25, 0.3) is 0 Å². The number of hydrogen-bond donors (Lipinski definition) is 7. The van der Waals surface area contributed by atoms with Crippen molar-refractivity contribution >= 4 is 22.6 Å². The zero-order valence-corrected chi connectivity index (χ0v) is 28.6. The normalized spacial score (nSPS) is 24.8. The number of carbonyl (C=O) groups is 2. The summed E-state index contributed by atoms with van der Waals surface area (Å²) >= 11 is 0. The van der Waals surface area contributed by atoms with Gasteiger partial charge in [0, 0.05) is 35.1 Å². The Morgan fingerprint density at radius 3 is 2.57 bits per heavy atom. The number of rotatable bonds is 15. The minimum absolute atomic E-state index is 0.106. The van der Waals surface area contributed by atoms with Crippen LogP contribution in [-0.2, 0) is 11.2 Å². The number of H-pyrrole nitrogens is 2. The summed E-state index contributed by atoms with van der Waals surface area (Å²) in [5.41, 5.74) is 3.99. The molecule has 7 N–H and O–H groups in total. The molecule has 5 rings (SSSR count). The number of hydrogen-bond acceptors (Lipinski definition) is 6. The molecule has 8 atom stereocenters. The molecule has 3 aromatic rings. The lowest BCUT2D eigenvalue weighted by Gasteiger charge is -2.36. The SMILES string of the molecule is CC/C(=C\[C@@H]1C=C[C@@H]2[C@@H](C)CC[C@H]2C1C(=O)c1ccc[nH]1)C(O)/C(C)=C/C=C\CC(O)CC(=O)NC(Cc1c[nH]c2ccccc12)C(O)O. The number of benzene rings is 1. The van der Waals surface area contributed by atoms with Gasteiger partial charge in [0.2, 0.25) is 5.91 Å². The number of ketones is 1. The maximum atomic E-state index is 13.7. The van der Waals surface area contributed by atoms with Crippen LogP contribution in [0.15, 0.2) is 96.4 Å². The molecule has 1 fully saturated rings. The largest absolute Gasteiger partial charge is 0.392 e. The topological polar surface area (TPSA) is 159 Å². The lowest BCUT2D eigenvalue weighted by atomic mass is 9.67. The Morgan fingerprint density at radius 2 is 1.84 bits per heavy atom. The third-order valence-corrected chi connectivity index (χ3v) is 10.4. The average molecular weight is 670 g/mol. The van der Waals surface area contributed by atoms with Crippen LogP contribution in [-0.4, -0.2) is 66.6 Å². The minimum atomic E-state index is -1.76. The Morgan fingerprint density at radius 1 is 1.04 bits per heavy atom. The Kier molecular flexibility index (Phi) is 12.3. The third kappa shape index (κ3) is 8.78. The molecule has 1 amide bonds. The van der Waals surface area contributed by atoms with Crippen molar-refractivity contribution in [1.29, 1.82) is 0 Å². The van der Waals surface area contributed by atoms with Crippen LogP contribution in [0.2, 0.25) is 0 Å². The number of fused-ring (bicyclic) bond motifs is 2. The summed E-state index contributed by atoms with van der Waals surface area (Å²) in [4.78, 5) is 32.7. The van der Waals surface area contributed by atoms with Gasteiger partial charge in [-0.3, -0.25) is 9.59 Å². The lowest BCUT2D eigenvalue weighted by Crippen LogP contribution is -2.45. The zero-order valence-electron chi connectivity index (χ0n) is 28.6. The molecule has 9 heteroatoms. The van der Waals surface area contributed by atoms with E-state index in [0.717, 1.165) is 40.5 Å². The van der Waals surface area contributed by atoms with E-state index in [9.17, 15) is 30.0 Å². The van der Waals surface area contributed by atoms with E-state index >= 15 is 0 Å². The lowest BCUT2D eigenvalue weighted by molar-refractivity contribution is -0.128. The van der Waals surface area contributed by atoms with Gasteiger partial charge in [-0.25, -0.2) is 0 Å². The number of amides is 1. The molecule has 1 aromatic carbocycles. The van der Waals surface area contributed by atoms with Gasteiger partial charge in [-0.15, -0.1) is 0 Å². The second-order valence-corrected chi connectivity index (χ2v) is 13.8. The summed E-state index contributed by atoms with van der Waals surface area (Å²) in [7, 11) is 0. The van der Waals surface area contributed by atoms with Crippen molar-refractivity contribution in [3.8, 4) is 0 Å². The van der Waals surface area contributed by atoms with Gasteiger partial charge in [-0.2, -0.15) is 0 Å². The number of carbonyl (C=O) groups excluding carboxylic acids is 2. The molecule has 2 heterocycles. The van der Waals surface area contributed by atoms with Gasteiger partial charge >= 0.3 is 0 Å². The van der Waals surface area contributed by atoms with Gasteiger partial charge in [0.1, 0.15) is 0 Å². The van der Waals surface area contributed by atoms with Crippen LogP contribution in [0.4, 0.5) is 0 Å². The smallest absolute Gasteiger partial charge is 0.223 e. The van der Waals surface area contributed by atoms with Crippen LogP contribution in [0.5, 0.6) is 0 Å². The van der Waals surface area contributed by atoms with Gasteiger partial charge in [0.05, 0.1) is 30.4 Å². The van der Waals surface area contributed by atoms with E-state index in [0.29, 0.717) is 24.0 Å². The van der Waals surface area contributed by atoms with Crippen molar-refractivity contribution in [3.05, 3.63) is 108 Å². The fourth-order valence-electron chi connectivity index (χ4n) is 7.69. The Labute approximate surface area is 288 Å². The summed E-state index contributed by atoms with van der Waals surface area (Å²) in [6.45, 7) is 6.13. The predicted molar refractivity (Wildman–Crippen MR) is 191 cm³/mol. The summed E-state index contributed by atoms with van der Waals surface area (Å²) in [5.74, 6) is 0.577. The number of aliphatic hydroxyl groups excluding tert-OH is 3. The summed E-state index contributed by atoms with van der Waals surface area (Å²) < 4.78 is 0. The first-order chi connectivity index (χ1) is 23.6. The van der Waals surface area contributed by atoms with Gasteiger partial charge < -0.3 is 35.7 Å². The molecule has 9 nitrogen and oxygen atoms in total. The molecule has 0 radical (unpaired) electrons. The molecule has 262 valence electrons. The summed E-state index contributed by atoms with van der Waals surface area (Å²) in [6.07, 6.45) is 14.8. The maximum absolute atomic E-state index is 13.7. The van der Waals surface area contributed by atoms with E-state index in [1.807, 2.05) is 50.2 Å². The number of para-hydroxylation sites is 1. The van der Waals surface area contributed by atoms with E-state index in [1.165, 1.54) is 0 Å². The van der Waals surface area contributed by atoms with E-state index in [4.69, 9.17) is 0 Å². The van der Waals surface area contributed by atoms with Crippen LogP contribution in [0.3, 0.4) is 0 Å². The molecule has 0 aliphatic heterocycles. The number of nitrogens with one attached hydrogen (secondary N) is 3. The monoisotopic (exact) mass is 669 g/mol. The first-order valence-corrected chi connectivity index (χ1v) is 17.5. The van der Waals surface area contributed by atoms with Crippen LogP contribution >= 0.6 is 0 Å². The average Bonchev–Trinajstić information content (AvgIpc) is 3.85. The summed E-state index contributed by atoms with van der Waals surface area (Å²) in [6, 6.07) is 10.4. The van der Waals surface area contributed by atoms with Crippen molar-refractivity contribution < 1.29 is 30.0 Å². The highest BCUT2D eigenvalue weighted by Gasteiger charge is 2.45. The van der Waals surface area contributed by atoms with Crippen molar-refractivity contribution in [2.24, 2.45) is 29.6 Å². The number of aliphatic hydroxyl groups is 4. The second kappa shape index (κ2) is 16.6. The predicted octanol–water partition coefficient (Wildman–Crippen LogP) is 5.52. The molecule has 2 aliphatic rings. The Hall–Kier alpha value is -4.02. The van der Waals surface area contributed by atoms with E-state index < -0.39 is 30.4 Å². The number of aromatic nitrogens is 2. The van der Waals surface area contributed by atoms with Crippen molar-refractivity contribution in [2.45, 2.75) is 83.8 Å². The van der Waals surface area contributed by atoms with Crippen molar-refractivity contribution in [1.82, 2.24) is 15.3 Å².